The van der Waals surface area contributed by atoms with Crippen molar-refractivity contribution in [3.05, 3.63) is 26.6 Å². The molecule has 130 valence electrons. The van der Waals surface area contributed by atoms with E-state index in [2.05, 4.69) is 30.7 Å². The number of nitrogens with one attached hydrogen (secondary N) is 1. The average Bonchev–Trinajstić information content (AvgIpc) is 2.83. The van der Waals surface area contributed by atoms with E-state index in [0.717, 1.165) is 35.0 Å². The van der Waals surface area contributed by atoms with Crippen molar-refractivity contribution in [1.29, 1.82) is 0 Å². The number of H-pyrrole nitrogens is 1. The van der Waals surface area contributed by atoms with Gasteiger partial charge in [-0.25, -0.2) is 4.98 Å². The van der Waals surface area contributed by atoms with Crippen molar-refractivity contribution in [3.8, 4) is 0 Å². The molecule has 1 unspecified atom stereocenters. The molecule has 5 nitrogen and oxygen atoms in total. The minimum atomic E-state index is -0.367. The summed E-state index contributed by atoms with van der Waals surface area (Å²) in [6.45, 7) is 8.92. The number of fused-ring (bicyclic) bond motifs is 3. The molecule has 1 aliphatic rings. The Morgan fingerprint density at radius 3 is 2.83 bits per heavy atom. The summed E-state index contributed by atoms with van der Waals surface area (Å²) in [4.78, 5) is 33.4. The van der Waals surface area contributed by atoms with E-state index in [0.29, 0.717) is 18.3 Å². The Morgan fingerprint density at radius 1 is 1.42 bits per heavy atom. The molecule has 24 heavy (non-hydrogen) atoms. The van der Waals surface area contributed by atoms with E-state index in [9.17, 15) is 9.59 Å². The van der Waals surface area contributed by atoms with Gasteiger partial charge in [0.05, 0.1) is 12.0 Å². The maximum atomic E-state index is 12.5. The van der Waals surface area contributed by atoms with Gasteiger partial charge < -0.3 is 9.72 Å². The molecule has 1 N–H and O–H groups in total. The van der Waals surface area contributed by atoms with Crippen molar-refractivity contribution >= 4 is 27.5 Å². The zero-order chi connectivity index (χ0) is 17.5. The van der Waals surface area contributed by atoms with E-state index in [1.165, 1.54) is 4.88 Å². The van der Waals surface area contributed by atoms with E-state index in [-0.39, 0.29) is 23.4 Å². The highest BCUT2D eigenvalue weighted by Crippen LogP contribution is 2.41. The third kappa shape index (κ3) is 3.24. The molecule has 2 aromatic heterocycles. The molecule has 3 rings (SSSR count). The summed E-state index contributed by atoms with van der Waals surface area (Å²) in [5.41, 5.74) is 1.29. The zero-order valence-corrected chi connectivity index (χ0v) is 15.5. The summed E-state index contributed by atoms with van der Waals surface area (Å²) < 4.78 is 4.93. The first-order valence-electron chi connectivity index (χ1n) is 8.48. The average molecular weight is 348 g/mol. The van der Waals surface area contributed by atoms with Crippen LogP contribution in [0.1, 0.15) is 50.4 Å². The molecule has 2 aromatic rings. The number of hydrogen-bond donors (Lipinski definition) is 1. The fraction of sp³-hybridized carbons (Fsp3) is 0.611. The van der Waals surface area contributed by atoms with E-state index in [1.807, 2.05) is 0 Å². The summed E-state index contributed by atoms with van der Waals surface area (Å²) in [7, 11) is 0. The van der Waals surface area contributed by atoms with Gasteiger partial charge in [-0.1, -0.05) is 20.8 Å². The van der Waals surface area contributed by atoms with E-state index >= 15 is 0 Å². The van der Waals surface area contributed by atoms with Gasteiger partial charge in [-0.05, 0) is 43.1 Å². The van der Waals surface area contributed by atoms with Gasteiger partial charge in [0, 0.05) is 4.88 Å². The fourth-order valence-corrected chi connectivity index (χ4v) is 4.72. The third-order valence-electron chi connectivity index (χ3n) is 4.81. The molecule has 1 aliphatic carbocycles. The van der Waals surface area contributed by atoms with Gasteiger partial charge in [0.2, 0.25) is 0 Å². The lowest BCUT2D eigenvalue weighted by molar-refractivity contribution is -0.142. The lowest BCUT2D eigenvalue weighted by Gasteiger charge is -2.33. The van der Waals surface area contributed by atoms with Crippen LogP contribution in [0.5, 0.6) is 0 Å². The third-order valence-corrected chi connectivity index (χ3v) is 5.96. The number of ether oxygens (including phenoxy) is 1. The van der Waals surface area contributed by atoms with Gasteiger partial charge in [0.1, 0.15) is 17.1 Å². The number of aromatic nitrogens is 2. The van der Waals surface area contributed by atoms with Gasteiger partial charge in [0.15, 0.2) is 0 Å². The molecular formula is C18H24N2O3S. The van der Waals surface area contributed by atoms with Gasteiger partial charge in [-0.3, -0.25) is 9.59 Å². The Labute approximate surface area is 145 Å². The molecule has 2 heterocycles. The van der Waals surface area contributed by atoms with Crippen molar-refractivity contribution in [2.75, 3.05) is 6.61 Å². The normalized spacial score (nSPS) is 17.8. The van der Waals surface area contributed by atoms with Crippen LogP contribution in [0.15, 0.2) is 4.79 Å². The maximum absolute atomic E-state index is 12.5. The van der Waals surface area contributed by atoms with Gasteiger partial charge >= 0.3 is 5.97 Å². The second-order valence-electron chi connectivity index (χ2n) is 7.48. The molecule has 1 atom stereocenters. The molecular weight excluding hydrogens is 324 g/mol. The SMILES string of the molecule is CCOC(=O)Cc1nc2sc3c(c2c(=O)[nH]1)CCC(C(C)(C)C)C3. The number of thiophene rings is 1. The van der Waals surface area contributed by atoms with Crippen LogP contribution in [0.3, 0.4) is 0 Å². The van der Waals surface area contributed by atoms with E-state index in [4.69, 9.17) is 4.74 Å². The molecule has 0 saturated heterocycles. The Morgan fingerprint density at radius 2 is 2.17 bits per heavy atom. The molecule has 6 heteroatoms. The monoisotopic (exact) mass is 348 g/mol. The van der Waals surface area contributed by atoms with Crippen LogP contribution in [0.4, 0.5) is 0 Å². The van der Waals surface area contributed by atoms with Crippen LogP contribution in [-0.4, -0.2) is 22.5 Å². The zero-order valence-electron chi connectivity index (χ0n) is 14.7. The van der Waals surface area contributed by atoms with Gasteiger partial charge in [-0.2, -0.15) is 0 Å². The second-order valence-corrected chi connectivity index (χ2v) is 8.57. The minimum absolute atomic E-state index is 0.00615. The van der Waals surface area contributed by atoms with Crippen molar-refractivity contribution in [2.24, 2.45) is 11.3 Å². The first-order valence-corrected chi connectivity index (χ1v) is 9.30. The summed E-state index contributed by atoms with van der Waals surface area (Å²) in [5.74, 6) is 0.641. The Bertz CT molecular complexity index is 829. The van der Waals surface area contributed by atoms with E-state index in [1.54, 1.807) is 18.3 Å². The molecule has 0 saturated carbocycles. The molecule has 0 bridgehead atoms. The number of carbonyl (C=O) groups excluding carboxylic acids is 1. The molecule has 0 spiro atoms. The number of esters is 1. The highest BCUT2D eigenvalue weighted by atomic mass is 32.1. The number of nitrogens with zero attached hydrogens (tertiary/aromatic N) is 1. The second kappa shape index (κ2) is 6.31. The minimum Gasteiger partial charge on any atom is -0.466 e. The highest BCUT2D eigenvalue weighted by molar-refractivity contribution is 7.18. The summed E-state index contributed by atoms with van der Waals surface area (Å²) in [6.07, 6.45) is 3.05. The molecule has 0 amide bonds. The topological polar surface area (TPSA) is 72.0 Å². The molecule has 0 aromatic carbocycles. The quantitative estimate of drug-likeness (QED) is 0.864. The van der Waals surface area contributed by atoms with Crippen molar-refractivity contribution in [2.45, 2.75) is 53.4 Å². The van der Waals surface area contributed by atoms with Crippen LogP contribution in [-0.2, 0) is 28.8 Å². The molecule has 0 aliphatic heterocycles. The predicted octanol–water partition coefficient (Wildman–Crippen LogP) is 3.24. The Hall–Kier alpha value is -1.69. The number of carbonyl (C=O) groups is 1. The highest BCUT2D eigenvalue weighted by Gasteiger charge is 2.31. The smallest absolute Gasteiger partial charge is 0.313 e. The molecule has 0 radical (unpaired) electrons. The van der Waals surface area contributed by atoms with E-state index < -0.39 is 0 Å². The summed E-state index contributed by atoms with van der Waals surface area (Å²) in [6, 6.07) is 0. The number of aryl methyl sites for hydroxylation is 1. The molecule has 0 fully saturated rings. The standard InChI is InChI=1S/C18H24N2O3S/c1-5-23-14(21)9-13-19-16(22)15-11-7-6-10(18(2,3)4)8-12(11)24-17(15)20-13/h10H,5-9H2,1-4H3,(H,19,20,22). The van der Waals surface area contributed by atoms with Crippen LogP contribution in [0, 0.1) is 11.3 Å². The number of rotatable bonds is 3. The summed E-state index contributed by atoms with van der Waals surface area (Å²) >= 11 is 1.61. The predicted molar refractivity (Wildman–Crippen MR) is 95.5 cm³/mol. The lowest BCUT2D eigenvalue weighted by atomic mass is 9.72. The first-order chi connectivity index (χ1) is 11.3. The lowest BCUT2D eigenvalue weighted by Crippen LogP contribution is -2.26. The Balaban J connectivity index is 1.96. The van der Waals surface area contributed by atoms with Crippen LogP contribution in [0.2, 0.25) is 0 Å². The number of hydrogen-bond acceptors (Lipinski definition) is 5. The van der Waals surface area contributed by atoms with Gasteiger partial charge in [-0.15, -0.1) is 11.3 Å². The van der Waals surface area contributed by atoms with Gasteiger partial charge in [0.25, 0.3) is 5.56 Å². The van der Waals surface area contributed by atoms with Crippen molar-refractivity contribution in [1.82, 2.24) is 9.97 Å². The summed E-state index contributed by atoms with van der Waals surface area (Å²) in [5, 5.41) is 0.718. The fourth-order valence-electron chi connectivity index (χ4n) is 3.40. The van der Waals surface area contributed by atoms with Crippen molar-refractivity contribution in [3.63, 3.8) is 0 Å². The van der Waals surface area contributed by atoms with Crippen LogP contribution < -0.4 is 5.56 Å². The first kappa shape index (κ1) is 17.1. The van der Waals surface area contributed by atoms with Crippen molar-refractivity contribution < 1.29 is 9.53 Å². The van der Waals surface area contributed by atoms with Crippen LogP contribution >= 0.6 is 11.3 Å². The van der Waals surface area contributed by atoms with Crippen LogP contribution in [0.25, 0.3) is 10.2 Å². The maximum Gasteiger partial charge on any atom is 0.313 e. The largest absolute Gasteiger partial charge is 0.466 e. The Kier molecular flexibility index (Phi) is 4.51. The number of aromatic amines is 1.